The molecule has 5 rings (SSSR count). The first-order valence-corrected chi connectivity index (χ1v) is 14.2. The number of alkyl halides is 3. The minimum absolute atomic E-state index is 0.0503. The Morgan fingerprint density at radius 2 is 1.83 bits per heavy atom. The van der Waals surface area contributed by atoms with Gasteiger partial charge in [-0.2, -0.15) is 23.5 Å². The van der Waals surface area contributed by atoms with E-state index in [0.717, 1.165) is 6.20 Å². The van der Waals surface area contributed by atoms with Crippen LogP contribution in [0.15, 0.2) is 79.1 Å². The van der Waals surface area contributed by atoms with Gasteiger partial charge in [-0.05, 0) is 42.8 Å². The van der Waals surface area contributed by atoms with E-state index in [1.54, 1.807) is 47.8 Å². The van der Waals surface area contributed by atoms with Gasteiger partial charge in [0.05, 0.1) is 30.4 Å². The summed E-state index contributed by atoms with van der Waals surface area (Å²) in [6.07, 6.45) is -3.96. The van der Waals surface area contributed by atoms with Crippen LogP contribution in [0.3, 0.4) is 0 Å². The number of hydrogen-bond acceptors (Lipinski definition) is 7. The van der Waals surface area contributed by atoms with Crippen molar-refractivity contribution in [3.8, 4) is 11.8 Å². The number of amides is 2. The van der Waals surface area contributed by atoms with E-state index < -0.39 is 47.3 Å². The molecule has 0 saturated carbocycles. The van der Waals surface area contributed by atoms with Gasteiger partial charge < -0.3 is 10.2 Å². The molecule has 0 bridgehead atoms. The maximum absolute atomic E-state index is 14.3. The Morgan fingerprint density at radius 3 is 2.46 bits per heavy atom. The molecule has 0 radical (unpaired) electrons. The number of likely N-dealkylation sites (N-methyl/N-ethyl adjacent to an activating group) is 1. The Kier molecular flexibility index (Phi) is 8.86. The fraction of sp³-hybridized carbons (Fsp3) is 0.250. The largest absolute Gasteiger partial charge is 0.433 e. The topological polar surface area (TPSA) is 120 Å². The Hall–Kier alpha value is -5.58. The number of nitrogens with zero attached hydrogens (tertiary/aromatic N) is 7. The number of anilines is 1. The molecule has 2 aromatic carbocycles. The molecule has 0 spiro atoms. The highest BCUT2D eigenvalue weighted by Gasteiger charge is 2.46. The van der Waals surface area contributed by atoms with Gasteiger partial charge in [-0.3, -0.25) is 14.5 Å². The number of nitriles is 1. The summed E-state index contributed by atoms with van der Waals surface area (Å²) in [5.74, 6) is -3.55. The zero-order valence-electron chi connectivity index (χ0n) is 24.8. The van der Waals surface area contributed by atoms with Crippen molar-refractivity contribution in [1.29, 1.82) is 5.26 Å². The molecule has 2 atom stereocenters. The summed E-state index contributed by atoms with van der Waals surface area (Å²) in [5.41, 5.74) is 1.25. The lowest BCUT2D eigenvalue weighted by Crippen LogP contribution is -2.55. The van der Waals surface area contributed by atoms with E-state index in [1.165, 1.54) is 29.2 Å². The van der Waals surface area contributed by atoms with Gasteiger partial charge in [-0.15, -0.1) is 0 Å². The quantitative estimate of drug-likeness (QED) is 0.259. The number of carbonyl (C=O) groups excluding carboxylic acids is 2. The zero-order valence-corrected chi connectivity index (χ0v) is 24.8. The lowest BCUT2D eigenvalue weighted by atomic mass is 9.80. The van der Waals surface area contributed by atoms with Crippen molar-refractivity contribution in [3.63, 3.8) is 0 Å². The molecule has 4 aromatic rings. The van der Waals surface area contributed by atoms with Crippen LogP contribution >= 0.6 is 0 Å². The normalized spacial score (nSPS) is 16.0. The number of nitrogens with one attached hydrogen (secondary N) is 1. The number of para-hydroxylation sites is 1. The van der Waals surface area contributed by atoms with Crippen LogP contribution in [0.4, 0.5) is 23.4 Å². The average Bonchev–Trinajstić information content (AvgIpc) is 3.40. The molecule has 0 fully saturated rings. The second kappa shape index (κ2) is 12.8. The molecule has 1 aliphatic rings. The van der Waals surface area contributed by atoms with Gasteiger partial charge >= 0.3 is 6.18 Å². The molecule has 2 aromatic heterocycles. The summed E-state index contributed by atoms with van der Waals surface area (Å²) >= 11 is 0. The van der Waals surface area contributed by atoms with Crippen LogP contribution < -0.4 is 10.2 Å². The third kappa shape index (κ3) is 6.16. The number of rotatable bonds is 9. The van der Waals surface area contributed by atoms with E-state index in [-0.39, 0.29) is 19.5 Å². The molecule has 0 unspecified atom stereocenters. The third-order valence-electron chi connectivity index (χ3n) is 7.60. The molecule has 14 heteroatoms. The van der Waals surface area contributed by atoms with Gasteiger partial charge in [0.25, 0.3) is 11.8 Å². The highest BCUT2D eigenvalue weighted by atomic mass is 19.4. The van der Waals surface area contributed by atoms with Gasteiger partial charge in [-0.25, -0.2) is 19.0 Å². The highest BCUT2D eigenvalue weighted by Crippen LogP contribution is 2.44. The Balaban J connectivity index is 1.71. The third-order valence-corrected chi connectivity index (χ3v) is 7.60. The minimum atomic E-state index is -4.83. The molecule has 1 N–H and O–H groups in total. The van der Waals surface area contributed by atoms with Crippen LogP contribution in [0, 0.1) is 17.1 Å². The van der Waals surface area contributed by atoms with Gasteiger partial charge in [0.2, 0.25) is 5.82 Å². The second-order valence-electron chi connectivity index (χ2n) is 10.5. The lowest BCUT2D eigenvalue weighted by Gasteiger charge is -2.38. The molecule has 1 aliphatic heterocycles. The molecule has 0 saturated heterocycles. The van der Waals surface area contributed by atoms with Gasteiger partial charge in [-0.1, -0.05) is 36.9 Å². The molecule has 10 nitrogen and oxygen atoms in total. The molecule has 0 aliphatic carbocycles. The number of carbonyl (C=O) groups is 2. The first kappa shape index (κ1) is 31.8. The number of fused-ring (bicyclic) bond motifs is 1. The Labute approximate surface area is 261 Å². The fourth-order valence-electron chi connectivity index (χ4n) is 5.37. The van der Waals surface area contributed by atoms with Crippen molar-refractivity contribution in [1.82, 2.24) is 30.0 Å². The van der Waals surface area contributed by atoms with Gasteiger partial charge in [0.1, 0.15) is 23.4 Å². The Bertz CT molecular complexity index is 1820. The van der Waals surface area contributed by atoms with Crippen LogP contribution in [-0.2, 0) is 17.5 Å². The molecule has 46 heavy (non-hydrogen) atoms. The first-order valence-electron chi connectivity index (χ1n) is 14.2. The molecule has 236 valence electrons. The van der Waals surface area contributed by atoms with E-state index >= 15 is 0 Å². The molecular formula is C32H28F4N8O2. The zero-order chi connectivity index (χ0) is 33.2. The fourth-order valence-corrected chi connectivity index (χ4v) is 5.37. The predicted octanol–water partition coefficient (Wildman–Crippen LogP) is 4.98. The summed E-state index contributed by atoms with van der Waals surface area (Å²) in [4.78, 5) is 38.0. The number of benzene rings is 2. The summed E-state index contributed by atoms with van der Waals surface area (Å²) < 4.78 is 55.9. The van der Waals surface area contributed by atoms with Gasteiger partial charge in [0.15, 0.2) is 0 Å². The van der Waals surface area contributed by atoms with E-state index in [0.29, 0.717) is 40.1 Å². The second-order valence-corrected chi connectivity index (χ2v) is 10.5. The summed E-state index contributed by atoms with van der Waals surface area (Å²) in [6.45, 7) is 5.99. The summed E-state index contributed by atoms with van der Waals surface area (Å²) in [7, 11) is 1.73. The van der Waals surface area contributed by atoms with Crippen molar-refractivity contribution in [2.45, 2.75) is 38.0 Å². The van der Waals surface area contributed by atoms with E-state index in [9.17, 15) is 32.4 Å². The lowest BCUT2D eigenvalue weighted by molar-refractivity contribution is -0.141. The van der Waals surface area contributed by atoms with Crippen molar-refractivity contribution in [2.75, 3.05) is 18.5 Å². The van der Waals surface area contributed by atoms with Crippen LogP contribution in [-0.4, -0.2) is 56.1 Å². The minimum Gasteiger partial charge on any atom is -0.372 e. The monoisotopic (exact) mass is 632 g/mol. The smallest absolute Gasteiger partial charge is 0.372 e. The first-order chi connectivity index (χ1) is 21.9. The Morgan fingerprint density at radius 1 is 1.13 bits per heavy atom. The van der Waals surface area contributed by atoms with Gasteiger partial charge in [0, 0.05) is 37.0 Å². The van der Waals surface area contributed by atoms with Crippen molar-refractivity contribution < 1.29 is 27.2 Å². The van der Waals surface area contributed by atoms with Crippen molar-refractivity contribution >= 4 is 17.6 Å². The SMILES string of the molecule is C=C(CC#N)N(C)Cc1nn(-c2ccccc2)c2c1[C@@H](c1ccc(F)cc1)[C@H](NC(=O)c1nccc(C(F)(F)F)n1)C(=O)N2CC. The number of allylic oxidation sites excluding steroid dienone is 1. The summed E-state index contributed by atoms with van der Waals surface area (Å²) in [6, 6.07) is 15.7. The molecule has 3 heterocycles. The van der Waals surface area contributed by atoms with Crippen molar-refractivity contribution in [2.24, 2.45) is 0 Å². The van der Waals surface area contributed by atoms with Crippen LogP contribution in [0.5, 0.6) is 0 Å². The highest BCUT2D eigenvalue weighted by molar-refractivity contribution is 6.04. The molecule has 2 amide bonds. The maximum atomic E-state index is 14.3. The van der Waals surface area contributed by atoms with E-state index in [2.05, 4.69) is 27.9 Å². The van der Waals surface area contributed by atoms with Crippen molar-refractivity contribution in [3.05, 3.63) is 113 Å². The molecular weight excluding hydrogens is 604 g/mol. The van der Waals surface area contributed by atoms with E-state index in [1.807, 2.05) is 6.07 Å². The summed E-state index contributed by atoms with van der Waals surface area (Å²) in [5, 5.41) is 16.7. The predicted molar refractivity (Wildman–Crippen MR) is 159 cm³/mol. The number of hydrogen-bond donors (Lipinski definition) is 1. The number of halogens is 4. The van der Waals surface area contributed by atoms with Crippen LogP contribution in [0.1, 0.15) is 52.4 Å². The van der Waals surface area contributed by atoms with Crippen LogP contribution in [0.2, 0.25) is 0 Å². The average molecular weight is 633 g/mol. The standard InChI is InChI=1S/C32H28F4N8O2/c1-4-43-30-26(23(18-42(3)19(2)14-16-37)41-44(30)22-8-6-5-7-9-22)25(20-10-12-21(33)13-11-20)27(31(43)46)40-29(45)28-38-17-15-24(39-28)32(34,35)36/h5-13,15,17,25,27H,2,4,14,18H2,1,3H3,(H,40,45)/t25-,27+/m1/s1. The van der Waals surface area contributed by atoms with Crippen LogP contribution in [0.25, 0.3) is 5.69 Å². The van der Waals surface area contributed by atoms with E-state index in [4.69, 9.17) is 5.10 Å². The maximum Gasteiger partial charge on any atom is 0.433 e. The number of aromatic nitrogens is 4.